The van der Waals surface area contributed by atoms with E-state index in [1.807, 2.05) is 45.0 Å². The number of hydrogen-bond donors (Lipinski definition) is 2. The van der Waals surface area contributed by atoms with E-state index in [1.165, 1.54) is 4.52 Å². The summed E-state index contributed by atoms with van der Waals surface area (Å²) in [5.74, 6) is -1.24. The maximum absolute atomic E-state index is 13.8. The van der Waals surface area contributed by atoms with Crippen molar-refractivity contribution in [1.82, 2.24) is 19.9 Å². The number of rotatable bonds is 11. The Bertz CT molecular complexity index is 1590. The molecular formula is C33H41N5O8. The van der Waals surface area contributed by atoms with Crippen molar-refractivity contribution in [1.29, 1.82) is 0 Å². The molecule has 13 nitrogen and oxygen atoms in total. The monoisotopic (exact) mass is 635 g/mol. The van der Waals surface area contributed by atoms with E-state index >= 15 is 0 Å². The summed E-state index contributed by atoms with van der Waals surface area (Å²) in [7, 11) is 0. The van der Waals surface area contributed by atoms with Gasteiger partial charge in [0.1, 0.15) is 11.7 Å². The first-order chi connectivity index (χ1) is 21.9. The highest BCUT2D eigenvalue weighted by Gasteiger charge is 2.37. The number of benzene rings is 1. The Morgan fingerprint density at radius 1 is 1.02 bits per heavy atom. The van der Waals surface area contributed by atoms with Crippen LogP contribution in [-0.2, 0) is 23.8 Å². The van der Waals surface area contributed by atoms with Crippen molar-refractivity contribution < 1.29 is 38.1 Å². The van der Waals surface area contributed by atoms with Crippen LogP contribution in [0.1, 0.15) is 76.2 Å². The molecule has 1 saturated carbocycles. The highest BCUT2D eigenvalue weighted by molar-refractivity contribution is 6.05. The van der Waals surface area contributed by atoms with Crippen molar-refractivity contribution in [2.45, 2.75) is 79.4 Å². The number of ether oxygens (including phenoxy) is 4. The Hall–Kier alpha value is -4.86. The second-order valence-electron chi connectivity index (χ2n) is 11.9. The number of aromatic nitrogens is 3. The van der Waals surface area contributed by atoms with Gasteiger partial charge < -0.3 is 24.3 Å². The van der Waals surface area contributed by atoms with Gasteiger partial charge in [0.25, 0.3) is 5.69 Å². The first-order valence-electron chi connectivity index (χ1n) is 15.5. The number of carbonyl (C=O) groups excluding carboxylic acids is 4. The first kappa shape index (κ1) is 34.0. The third-order valence-corrected chi connectivity index (χ3v) is 8.02. The summed E-state index contributed by atoms with van der Waals surface area (Å²) in [6, 6.07) is 6.46. The van der Waals surface area contributed by atoms with Crippen LogP contribution in [0.2, 0.25) is 0 Å². The fourth-order valence-corrected chi connectivity index (χ4v) is 6.11. The lowest BCUT2D eigenvalue weighted by Crippen LogP contribution is -2.40. The highest BCUT2D eigenvalue weighted by atomic mass is 16.6. The van der Waals surface area contributed by atoms with E-state index in [0.29, 0.717) is 17.3 Å². The molecular weight excluding hydrogens is 594 g/mol. The predicted octanol–water partition coefficient (Wildman–Crippen LogP) is 5.78. The number of esters is 3. The Kier molecular flexibility index (Phi) is 11.1. The smallest absolute Gasteiger partial charge is 0.413 e. The summed E-state index contributed by atoms with van der Waals surface area (Å²) >= 11 is 0. The number of nitrogens with one attached hydrogen (secondary N) is 2. The van der Waals surface area contributed by atoms with Crippen LogP contribution >= 0.6 is 0 Å². The fraction of sp³-hybridized carbons (Fsp3) is 0.515. The van der Waals surface area contributed by atoms with E-state index in [-0.39, 0.29) is 66.8 Å². The summed E-state index contributed by atoms with van der Waals surface area (Å²) in [6.07, 6.45) is -0.287. The van der Waals surface area contributed by atoms with Crippen LogP contribution in [-0.4, -0.2) is 64.0 Å². The molecule has 1 aromatic carbocycles. The lowest BCUT2D eigenvalue weighted by atomic mass is 9.75. The second kappa shape index (κ2) is 14.9. The van der Waals surface area contributed by atoms with E-state index in [4.69, 9.17) is 25.5 Å². The summed E-state index contributed by atoms with van der Waals surface area (Å²) in [5.41, 5.74) is 1.37. The second-order valence-corrected chi connectivity index (χ2v) is 11.9. The van der Waals surface area contributed by atoms with Gasteiger partial charge in [0.15, 0.2) is 11.5 Å². The predicted molar refractivity (Wildman–Crippen MR) is 167 cm³/mol. The van der Waals surface area contributed by atoms with Crippen LogP contribution in [0.3, 0.4) is 0 Å². The van der Waals surface area contributed by atoms with Gasteiger partial charge >= 0.3 is 24.0 Å². The van der Waals surface area contributed by atoms with E-state index < -0.39 is 30.0 Å². The van der Waals surface area contributed by atoms with Crippen LogP contribution in [0.4, 0.5) is 10.5 Å². The van der Waals surface area contributed by atoms with Crippen molar-refractivity contribution >= 4 is 35.3 Å². The normalized spacial score (nSPS) is 19.3. The van der Waals surface area contributed by atoms with Crippen LogP contribution < -0.4 is 10.1 Å². The fourth-order valence-electron chi connectivity index (χ4n) is 6.11. The van der Waals surface area contributed by atoms with Gasteiger partial charge in [0, 0.05) is 5.56 Å². The Morgan fingerprint density at radius 2 is 1.61 bits per heavy atom. The molecule has 246 valence electrons. The van der Waals surface area contributed by atoms with Crippen LogP contribution in [0.15, 0.2) is 24.3 Å². The molecule has 2 N–H and O–H groups in total. The molecule has 1 aliphatic rings. The van der Waals surface area contributed by atoms with Gasteiger partial charge in [0.05, 0.1) is 38.7 Å². The van der Waals surface area contributed by atoms with Crippen molar-refractivity contribution in [3.05, 3.63) is 46.8 Å². The lowest BCUT2D eigenvalue weighted by molar-refractivity contribution is -0.145. The number of H-pyrrole nitrogens is 1. The van der Waals surface area contributed by atoms with Crippen LogP contribution in [0, 0.1) is 31.2 Å². The largest absolute Gasteiger partial charge is 0.466 e. The number of carbonyl (C=O) groups is 4. The molecule has 0 radical (unpaired) electrons. The number of nitrogens with zero attached hydrogens (tertiary/aromatic N) is 3. The maximum atomic E-state index is 13.8. The van der Waals surface area contributed by atoms with E-state index in [9.17, 15) is 19.2 Å². The topological polar surface area (TPSA) is 155 Å². The van der Waals surface area contributed by atoms with Gasteiger partial charge in [-0.2, -0.15) is 0 Å². The van der Waals surface area contributed by atoms with E-state index in [0.717, 1.165) is 18.4 Å². The van der Waals surface area contributed by atoms with E-state index in [2.05, 4.69) is 27.2 Å². The lowest BCUT2D eigenvalue weighted by Gasteiger charge is -2.37. The van der Waals surface area contributed by atoms with Gasteiger partial charge in [-0.1, -0.05) is 50.6 Å². The molecule has 0 bridgehead atoms. The van der Waals surface area contributed by atoms with Gasteiger partial charge in [-0.25, -0.2) is 23.9 Å². The average molecular weight is 636 g/mol. The standard InChI is InChI=1S/C33H41N5O8/c1-8-43-24(39)16-23(17-25(40)44-9-2)35-33(42)46-31-27(34-7)26(32(41)45-28-20(5)14-19(4)15-21(28)6)30-36-29(37-38(30)31)22-12-10-18(3)11-13-22/h10-13,19-21,23,28H,8-9,14-17H2,1-6H3,(H,35,42)(H,36,37). The third kappa shape index (κ3) is 7.85. The summed E-state index contributed by atoms with van der Waals surface area (Å²) in [4.78, 5) is 59.6. The minimum Gasteiger partial charge on any atom is -0.466 e. The van der Waals surface area contributed by atoms with Crippen molar-refractivity contribution in [3.8, 4) is 17.3 Å². The molecule has 13 heteroatoms. The SMILES string of the molecule is [C-]#[N+]c1c(C(=O)OC2C(C)CC(C)CC2C)c2nc(-c3ccc(C)cc3)[nH]n2c1OC(=O)NC(CC(=O)OCC)CC(=O)OCC. The van der Waals surface area contributed by atoms with Crippen molar-refractivity contribution in [2.24, 2.45) is 17.8 Å². The molecule has 2 unspecified atom stereocenters. The van der Waals surface area contributed by atoms with Crippen LogP contribution in [0.25, 0.3) is 21.9 Å². The Morgan fingerprint density at radius 3 is 2.15 bits per heavy atom. The molecule has 3 aromatic rings. The van der Waals surface area contributed by atoms with Gasteiger partial charge in [-0.3, -0.25) is 14.7 Å². The number of aryl methyl sites for hydroxylation is 1. The van der Waals surface area contributed by atoms with Gasteiger partial charge in [-0.05, 0) is 51.4 Å². The quantitative estimate of drug-likeness (QED) is 0.152. The Balaban J connectivity index is 1.71. The van der Waals surface area contributed by atoms with Crippen LogP contribution in [0.5, 0.6) is 5.88 Å². The van der Waals surface area contributed by atoms with Crippen molar-refractivity contribution in [3.63, 3.8) is 0 Å². The molecule has 46 heavy (non-hydrogen) atoms. The molecule has 0 aliphatic heterocycles. The molecule has 1 fully saturated rings. The zero-order valence-corrected chi connectivity index (χ0v) is 27.0. The molecule has 2 heterocycles. The molecule has 0 saturated heterocycles. The Labute approximate surface area is 267 Å². The number of hydrogen-bond acceptors (Lipinski definition) is 9. The average Bonchev–Trinajstić information content (AvgIpc) is 3.52. The van der Waals surface area contributed by atoms with E-state index in [1.54, 1.807) is 13.8 Å². The molecule has 2 atom stereocenters. The van der Waals surface area contributed by atoms with Gasteiger partial charge in [-0.15, -0.1) is 0 Å². The van der Waals surface area contributed by atoms with Gasteiger partial charge in [0.2, 0.25) is 5.88 Å². The zero-order chi connectivity index (χ0) is 33.5. The third-order valence-electron chi connectivity index (χ3n) is 8.02. The molecule has 0 spiro atoms. The molecule has 1 amide bonds. The molecule has 1 aliphatic carbocycles. The number of aromatic amines is 1. The summed E-state index contributed by atoms with van der Waals surface area (Å²) < 4.78 is 22.9. The number of fused-ring (bicyclic) bond motifs is 1. The summed E-state index contributed by atoms with van der Waals surface area (Å²) in [5, 5.41) is 5.53. The minimum absolute atomic E-state index is 0.0495. The molecule has 2 aromatic heterocycles. The highest BCUT2D eigenvalue weighted by Crippen LogP contribution is 2.41. The maximum Gasteiger partial charge on any atom is 0.413 e. The minimum atomic E-state index is -1.07. The first-order valence-corrected chi connectivity index (χ1v) is 15.5. The van der Waals surface area contributed by atoms with Crippen molar-refractivity contribution in [2.75, 3.05) is 13.2 Å². The summed E-state index contributed by atoms with van der Waals surface area (Å²) in [6.45, 7) is 19.7. The molecule has 4 rings (SSSR count). The zero-order valence-electron chi connectivity index (χ0n) is 27.0. The number of amides is 1.